The van der Waals surface area contributed by atoms with Gasteiger partial charge in [0.2, 0.25) is 12.2 Å². The van der Waals surface area contributed by atoms with E-state index in [4.69, 9.17) is 42.6 Å². The molecule has 0 aromatic carbocycles. The van der Waals surface area contributed by atoms with Crippen molar-refractivity contribution in [2.75, 3.05) is 26.9 Å². The van der Waals surface area contributed by atoms with Crippen molar-refractivity contribution < 1.29 is 108 Å². The van der Waals surface area contributed by atoms with Crippen molar-refractivity contribution in [3.05, 3.63) is 11.6 Å². The third kappa shape index (κ3) is 9.83. The number of hydrogen-bond donors (Lipinski definition) is 12. The summed E-state index contributed by atoms with van der Waals surface area (Å²) in [5.41, 5.74) is -2.61. The monoisotopic (exact) mass is 1120 g/mol. The van der Waals surface area contributed by atoms with Crippen molar-refractivity contribution in [3.8, 4) is 0 Å². The fraction of sp³-hybridized carbons (Fsp3) is 0.927. The van der Waals surface area contributed by atoms with E-state index >= 15 is 4.79 Å². The van der Waals surface area contributed by atoms with Crippen LogP contribution in [0.25, 0.3) is 0 Å². The summed E-state index contributed by atoms with van der Waals surface area (Å²) in [6, 6.07) is -1.55. The predicted molar refractivity (Wildman–Crippen MR) is 269 cm³/mol. The highest BCUT2D eigenvalue weighted by Gasteiger charge is 2.72. The number of ether oxygens (including phenoxy) is 9. The Morgan fingerprint density at radius 3 is 2.04 bits per heavy atom. The van der Waals surface area contributed by atoms with Gasteiger partial charge in [0, 0.05) is 7.11 Å². The quantitative estimate of drug-likeness (QED) is 0.0790. The van der Waals surface area contributed by atoms with Crippen LogP contribution >= 0.6 is 0 Å². The largest absolute Gasteiger partial charge is 0.432 e. The average molecular weight is 1120 g/mol. The second kappa shape index (κ2) is 22.2. The number of amides is 1. The number of aliphatic hydroxyl groups excluding tert-OH is 11. The van der Waals surface area contributed by atoms with Gasteiger partial charge < -0.3 is 104 Å². The molecule has 4 heterocycles. The molecule has 4 aliphatic heterocycles. The first-order valence-corrected chi connectivity index (χ1v) is 28.3. The van der Waals surface area contributed by atoms with Gasteiger partial charge in [0.15, 0.2) is 25.0 Å². The van der Waals surface area contributed by atoms with Crippen molar-refractivity contribution in [1.29, 1.82) is 0 Å². The van der Waals surface area contributed by atoms with E-state index in [2.05, 4.69) is 46.0 Å². The summed E-state index contributed by atoms with van der Waals surface area (Å²) in [5.74, 6) is -2.04. The van der Waals surface area contributed by atoms with Gasteiger partial charge in [0.25, 0.3) is 0 Å². The fourth-order valence-electron chi connectivity index (χ4n) is 16.4. The predicted octanol–water partition coefficient (Wildman–Crippen LogP) is -0.846. The first-order valence-electron chi connectivity index (χ1n) is 28.3. The molecular formula is C55H89NO22. The smallest absolute Gasteiger partial charge is 0.317 e. The summed E-state index contributed by atoms with van der Waals surface area (Å²) in [7, 11) is 1.68. The van der Waals surface area contributed by atoms with Crippen LogP contribution in [0.5, 0.6) is 0 Å². The van der Waals surface area contributed by atoms with Crippen molar-refractivity contribution in [2.24, 2.45) is 44.8 Å². The standard InChI is InChI=1S/C55H89NO22/c1-10-28-37(63)41(67)45(74-28)72-23-34(61)56-35-29(21-57)75-48(44(38(35)64)77-47-42(68)39(65)43(24(2)73-47)76-46-40(66)36(62)27(58)22-71-46)78-49(69)55-18-17-50(3,4)19-26(55)25-11-12-30-51(5)15-14-32(59)54(8,70-9)31(51)13-16-52(30,6)53(25,7)20-33(55)60/h11,24,26-33,35-48,57-60,62-68H,10,12-23H2,1-9H3,(H,56,61)/t24?,26?,27-,28+,29?,30?,31-,32+,33?,35+,36?,37?,38?,39?,40?,41?,42?,43+,44?,45-,46+,47+,48+,51?,52+,53-,54-,55-/m1/s1. The molecule has 9 rings (SSSR count). The summed E-state index contributed by atoms with van der Waals surface area (Å²) in [4.78, 5) is 29.3. The number of methoxy groups -OCH3 is 1. The molecule has 1 amide bonds. The number of hydrogen-bond acceptors (Lipinski definition) is 22. The lowest BCUT2D eigenvalue weighted by Crippen LogP contribution is -2.70. The zero-order valence-corrected chi connectivity index (χ0v) is 46.5. The Morgan fingerprint density at radius 2 is 1.37 bits per heavy atom. The SMILES string of the molecule is CC[C@@H]1O[C@@H](OCC(=O)N[C@H]2C(CO)O[C@@H](OC(=O)[C@]34CCC(C)(C)CC3C3=CCC5C6(C)CC[C@H](O)[C@](C)(OC)[C@@H]6CC[C@]5(C)[C@]3(C)CC4O)C(O[C@@H]3OC(C)[C@H](O[C@@H]4OC[C@@H](O)C(O)C4O)C(O)C3O)C2O)C(O)C1O. The van der Waals surface area contributed by atoms with Gasteiger partial charge >= 0.3 is 5.97 Å². The van der Waals surface area contributed by atoms with E-state index in [0.717, 1.165) is 24.8 Å². The Kier molecular flexibility index (Phi) is 17.2. The maximum Gasteiger partial charge on any atom is 0.317 e. The van der Waals surface area contributed by atoms with Crippen molar-refractivity contribution in [2.45, 2.75) is 248 Å². The van der Waals surface area contributed by atoms with E-state index in [1.807, 2.05) is 6.92 Å². The Labute approximate surface area is 455 Å². The number of aliphatic hydroxyl groups is 11. The van der Waals surface area contributed by atoms with Gasteiger partial charge in [-0.3, -0.25) is 9.59 Å². The molecule has 12 N–H and O–H groups in total. The molecule has 0 radical (unpaired) electrons. The third-order valence-corrected chi connectivity index (χ3v) is 21.4. The molecule has 4 saturated carbocycles. The molecule has 446 valence electrons. The summed E-state index contributed by atoms with van der Waals surface area (Å²) < 4.78 is 53.5. The zero-order valence-electron chi connectivity index (χ0n) is 46.5. The van der Waals surface area contributed by atoms with Gasteiger partial charge in [-0.1, -0.05) is 53.2 Å². The Bertz CT molecular complexity index is 2190. The number of carbonyl (C=O) groups excluding carboxylic acids is 2. The molecule has 23 heteroatoms. The maximum atomic E-state index is 15.7. The molecule has 0 aromatic rings. The lowest BCUT2D eigenvalue weighted by molar-refractivity contribution is -0.370. The van der Waals surface area contributed by atoms with Gasteiger partial charge in [0.05, 0.1) is 49.3 Å². The van der Waals surface area contributed by atoms with Crippen molar-refractivity contribution in [3.63, 3.8) is 0 Å². The van der Waals surface area contributed by atoms with Crippen LogP contribution in [0.2, 0.25) is 0 Å². The molecule has 0 bridgehead atoms. The van der Waals surface area contributed by atoms with E-state index in [0.29, 0.717) is 32.1 Å². The van der Waals surface area contributed by atoms with Crippen LogP contribution in [0.15, 0.2) is 11.6 Å². The molecule has 0 spiro atoms. The number of rotatable bonds is 13. The highest BCUT2D eigenvalue weighted by Crippen LogP contribution is 2.75. The molecule has 4 saturated heterocycles. The molecule has 23 nitrogen and oxygen atoms in total. The molecule has 14 unspecified atom stereocenters. The average Bonchev–Trinajstić information content (AvgIpc) is 3.59. The van der Waals surface area contributed by atoms with Crippen LogP contribution in [-0.2, 0) is 52.2 Å². The number of nitrogens with one attached hydrogen (secondary N) is 1. The molecule has 28 atom stereocenters. The van der Waals surface area contributed by atoms with Crippen LogP contribution in [0.3, 0.4) is 0 Å². The molecule has 78 heavy (non-hydrogen) atoms. The van der Waals surface area contributed by atoms with E-state index in [9.17, 15) is 61.0 Å². The Balaban J connectivity index is 1.01. The first kappa shape index (κ1) is 60.5. The third-order valence-electron chi connectivity index (χ3n) is 21.4. The van der Waals surface area contributed by atoms with E-state index in [1.165, 1.54) is 6.92 Å². The van der Waals surface area contributed by atoms with E-state index in [1.54, 1.807) is 14.0 Å². The molecular weight excluding hydrogens is 1030 g/mol. The Morgan fingerprint density at radius 1 is 0.705 bits per heavy atom. The zero-order chi connectivity index (χ0) is 57.0. The van der Waals surface area contributed by atoms with E-state index in [-0.39, 0.29) is 40.9 Å². The van der Waals surface area contributed by atoms with Gasteiger partial charge in [0.1, 0.15) is 73.1 Å². The lowest BCUT2D eigenvalue weighted by Gasteiger charge is -2.71. The highest BCUT2D eigenvalue weighted by molar-refractivity contribution is 5.80. The summed E-state index contributed by atoms with van der Waals surface area (Å²) >= 11 is 0. The van der Waals surface area contributed by atoms with E-state index < -0.39 is 177 Å². The first-order chi connectivity index (χ1) is 36.6. The van der Waals surface area contributed by atoms with Gasteiger partial charge in [-0.25, -0.2) is 0 Å². The highest BCUT2D eigenvalue weighted by atomic mass is 16.8. The Hall–Kier alpha value is -2.08. The van der Waals surface area contributed by atoms with Gasteiger partial charge in [-0.05, 0) is 117 Å². The molecule has 9 aliphatic rings. The molecule has 8 fully saturated rings. The summed E-state index contributed by atoms with van der Waals surface area (Å²) in [5, 5.41) is 125. The normalized spacial score (nSPS) is 52.9. The summed E-state index contributed by atoms with van der Waals surface area (Å²) in [6.45, 7) is 14.3. The second-order valence-corrected chi connectivity index (χ2v) is 26.0. The van der Waals surface area contributed by atoms with Gasteiger partial charge in [-0.15, -0.1) is 0 Å². The minimum atomic E-state index is -1.99. The van der Waals surface area contributed by atoms with Crippen molar-refractivity contribution >= 4 is 11.9 Å². The van der Waals surface area contributed by atoms with Crippen LogP contribution in [0.4, 0.5) is 0 Å². The minimum absolute atomic E-state index is 0.0816. The number of fused-ring (bicyclic) bond motifs is 7. The van der Waals surface area contributed by atoms with Crippen LogP contribution in [0, 0.1) is 44.8 Å². The molecule has 5 aliphatic carbocycles. The fourth-order valence-corrected chi connectivity index (χ4v) is 16.4. The van der Waals surface area contributed by atoms with Crippen LogP contribution in [-0.4, -0.2) is 223 Å². The van der Waals surface area contributed by atoms with Crippen LogP contribution in [0.1, 0.15) is 120 Å². The van der Waals surface area contributed by atoms with Gasteiger partial charge in [-0.2, -0.15) is 0 Å². The van der Waals surface area contributed by atoms with Crippen LogP contribution < -0.4 is 5.32 Å². The topological polar surface area (TPSA) is 352 Å². The minimum Gasteiger partial charge on any atom is -0.432 e. The number of allylic oxidation sites excluding steroid dienone is 2. The lowest BCUT2D eigenvalue weighted by atomic mass is 9.34. The number of esters is 1. The maximum absolute atomic E-state index is 15.7. The molecule has 0 aromatic heterocycles. The second-order valence-electron chi connectivity index (χ2n) is 26.0. The van der Waals surface area contributed by atoms with Crippen molar-refractivity contribution in [1.82, 2.24) is 5.32 Å². The number of carbonyl (C=O) groups is 2. The summed E-state index contributed by atoms with van der Waals surface area (Å²) in [6.07, 6.45) is -20.8.